The maximum absolute atomic E-state index is 12.4. The van der Waals surface area contributed by atoms with Gasteiger partial charge in [-0.25, -0.2) is 4.79 Å². The first-order valence-corrected chi connectivity index (χ1v) is 10.0. The quantitative estimate of drug-likeness (QED) is 0.407. The van der Waals surface area contributed by atoms with Crippen molar-refractivity contribution in [2.45, 2.75) is 4.90 Å². The molecule has 0 heterocycles. The third-order valence-electron chi connectivity index (χ3n) is 4.29. The number of para-hydroxylation sites is 1. The molecule has 6 nitrogen and oxygen atoms in total. The van der Waals surface area contributed by atoms with E-state index in [4.69, 9.17) is 4.74 Å². The molecule has 7 heteroatoms. The number of hydrogen-bond donors (Lipinski definition) is 2. The number of Topliss-reactive ketones (excluding diaryl/α,β-unsaturated/α-hetero) is 1. The molecule has 152 valence electrons. The van der Waals surface area contributed by atoms with E-state index in [2.05, 4.69) is 5.32 Å². The van der Waals surface area contributed by atoms with Gasteiger partial charge in [-0.05, 0) is 48.5 Å². The minimum Gasteiger partial charge on any atom is -0.496 e. The van der Waals surface area contributed by atoms with Crippen molar-refractivity contribution in [3.05, 3.63) is 89.5 Å². The van der Waals surface area contributed by atoms with Crippen LogP contribution in [0.4, 0.5) is 5.69 Å². The van der Waals surface area contributed by atoms with Crippen molar-refractivity contribution in [1.29, 1.82) is 0 Å². The van der Waals surface area contributed by atoms with E-state index in [0.717, 1.165) is 4.90 Å². The number of benzene rings is 3. The van der Waals surface area contributed by atoms with Crippen LogP contribution in [0.1, 0.15) is 31.1 Å². The van der Waals surface area contributed by atoms with Gasteiger partial charge in [-0.2, -0.15) is 0 Å². The van der Waals surface area contributed by atoms with Crippen molar-refractivity contribution in [2.24, 2.45) is 0 Å². The van der Waals surface area contributed by atoms with Crippen LogP contribution < -0.4 is 10.1 Å². The van der Waals surface area contributed by atoms with Gasteiger partial charge in [-0.15, -0.1) is 11.8 Å². The molecule has 1 amide bonds. The smallest absolute Gasteiger partial charge is 0.336 e. The SMILES string of the molecule is COc1ccccc1C(=O)CSc1ccc(NC(=O)c2ccccc2C(=O)O)cc1. The molecule has 30 heavy (non-hydrogen) atoms. The fraction of sp³-hybridized carbons (Fsp3) is 0.0870. The number of thioether (sulfide) groups is 1. The van der Waals surface area contributed by atoms with Crippen LogP contribution in [0, 0.1) is 0 Å². The number of rotatable bonds is 8. The number of carbonyl (C=O) groups is 3. The van der Waals surface area contributed by atoms with Crippen LogP contribution in [-0.2, 0) is 0 Å². The number of ketones is 1. The van der Waals surface area contributed by atoms with E-state index >= 15 is 0 Å². The Labute approximate surface area is 177 Å². The van der Waals surface area contributed by atoms with Gasteiger partial charge in [0.2, 0.25) is 0 Å². The van der Waals surface area contributed by atoms with E-state index in [-0.39, 0.29) is 22.7 Å². The van der Waals surface area contributed by atoms with Gasteiger partial charge in [0, 0.05) is 10.6 Å². The normalized spacial score (nSPS) is 10.3. The molecule has 0 bridgehead atoms. The first-order valence-electron chi connectivity index (χ1n) is 9.02. The van der Waals surface area contributed by atoms with Crippen LogP contribution in [0.3, 0.4) is 0 Å². The zero-order valence-corrected chi connectivity index (χ0v) is 16.9. The van der Waals surface area contributed by atoms with Crippen molar-refractivity contribution in [2.75, 3.05) is 18.2 Å². The standard InChI is InChI=1S/C23H19NO5S/c1-29-21-9-5-4-8-19(21)20(25)14-30-16-12-10-15(11-13-16)24-22(26)17-6-2-3-7-18(17)23(27)28/h2-13H,14H2,1H3,(H,24,26)(H,27,28). The highest BCUT2D eigenvalue weighted by Crippen LogP contribution is 2.24. The molecule has 3 rings (SSSR count). The van der Waals surface area contributed by atoms with Crippen LogP contribution in [0.25, 0.3) is 0 Å². The summed E-state index contributed by atoms with van der Waals surface area (Å²) < 4.78 is 5.22. The number of carboxylic acids is 1. The summed E-state index contributed by atoms with van der Waals surface area (Å²) >= 11 is 1.38. The average Bonchev–Trinajstić information content (AvgIpc) is 2.78. The van der Waals surface area contributed by atoms with Gasteiger partial charge in [0.25, 0.3) is 5.91 Å². The van der Waals surface area contributed by atoms with Crippen LogP contribution in [-0.4, -0.2) is 35.6 Å². The fourth-order valence-corrected chi connectivity index (χ4v) is 3.58. The fourth-order valence-electron chi connectivity index (χ4n) is 2.80. The lowest BCUT2D eigenvalue weighted by Gasteiger charge is -2.09. The van der Waals surface area contributed by atoms with E-state index in [1.807, 2.05) is 6.07 Å². The number of carbonyl (C=O) groups excluding carboxylic acids is 2. The Kier molecular flexibility index (Phi) is 6.87. The van der Waals surface area contributed by atoms with Gasteiger partial charge in [-0.1, -0.05) is 24.3 Å². The maximum Gasteiger partial charge on any atom is 0.336 e. The van der Waals surface area contributed by atoms with Gasteiger partial charge < -0.3 is 15.2 Å². The largest absolute Gasteiger partial charge is 0.496 e. The van der Waals surface area contributed by atoms with Gasteiger partial charge >= 0.3 is 5.97 Å². The summed E-state index contributed by atoms with van der Waals surface area (Å²) in [7, 11) is 1.53. The molecule has 0 spiro atoms. The average molecular weight is 421 g/mol. The molecular formula is C23H19NO5S. The molecule has 0 aliphatic heterocycles. The van der Waals surface area contributed by atoms with Crippen LogP contribution >= 0.6 is 11.8 Å². The Bertz CT molecular complexity index is 1080. The zero-order chi connectivity index (χ0) is 21.5. The van der Waals surface area contributed by atoms with Crippen LogP contribution in [0.5, 0.6) is 5.75 Å². The van der Waals surface area contributed by atoms with Gasteiger partial charge in [0.1, 0.15) is 5.75 Å². The van der Waals surface area contributed by atoms with Gasteiger partial charge in [-0.3, -0.25) is 9.59 Å². The number of amides is 1. The molecule has 0 aliphatic rings. The van der Waals surface area contributed by atoms with Gasteiger partial charge in [0.15, 0.2) is 5.78 Å². The number of methoxy groups -OCH3 is 1. The Morgan fingerprint density at radius 3 is 2.10 bits per heavy atom. The van der Waals surface area contributed by atoms with Crippen LogP contribution in [0.15, 0.2) is 77.7 Å². The molecule has 0 saturated carbocycles. The zero-order valence-electron chi connectivity index (χ0n) is 16.1. The summed E-state index contributed by atoms with van der Waals surface area (Å²) in [6, 6.07) is 20.1. The predicted octanol–water partition coefficient (Wildman–Crippen LogP) is 4.62. The van der Waals surface area contributed by atoms with E-state index in [0.29, 0.717) is 17.0 Å². The molecule has 0 fully saturated rings. The Balaban J connectivity index is 1.62. The highest BCUT2D eigenvalue weighted by molar-refractivity contribution is 8.00. The first-order chi connectivity index (χ1) is 14.5. The lowest BCUT2D eigenvalue weighted by Crippen LogP contribution is -2.16. The summed E-state index contributed by atoms with van der Waals surface area (Å²) in [4.78, 5) is 37.0. The Morgan fingerprint density at radius 2 is 1.47 bits per heavy atom. The summed E-state index contributed by atoms with van der Waals surface area (Å²) in [5, 5.41) is 11.9. The van der Waals surface area contributed by atoms with Crippen molar-refractivity contribution in [1.82, 2.24) is 0 Å². The number of nitrogens with one attached hydrogen (secondary N) is 1. The second-order valence-corrected chi connectivity index (χ2v) is 7.29. The van der Waals surface area contributed by atoms with E-state index < -0.39 is 11.9 Å². The predicted molar refractivity (Wildman–Crippen MR) is 116 cm³/mol. The molecule has 3 aromatic carbocycles. The topological polar surface area (TPSA) is 92.7 Å². The lowest BCUT2D eigenvalue weighted by molar-refractivity contribution is 0.0692. The molecule has 0 atom stereocenters. The third-order valence-corrected chi connectivity index (χ3v) is 5.30. The summed E-state index contributed by atoms with van der Waals surface area (Å²) in [5.41, 5.74) is 1.09. The molecule has 0 saturated heterocycles. The molecule has 0 aromatic heterocycles. The summed E-state index contributed by atoms with van der Waals surface area (Å²) in [6.45, 7) is 0. The number of aromatic carboxylic acids is 1. The minimum absolute atomic E-state index is 0.0416. The molecule has 3 aromatic rings. The van der Waals surface area contributed by atoms with Crippen molar-refractivity contribution in [3.63, 3.8) is 0 Å². The Hall–Kier alpha value is -3.58. The molecule has 0 radical (unpaired) electrons. The van der Waals surface area contributed by atoms with E-state index in [1.54, 1.807) is 54.6 Å². The monoisotopic (exact) mass is 421 g/mol. The van der Waals surface area contributed by atoms with Gasteiger partial charge in [0.05, 0.1) is 29.6 Å². The molecule has 0 unspecified atom stereocenters. The summed E-state index contributed by atoms with van der Waals surface area (Å²) in [6.07, 6.45) is 0. The second-order valence-electron chi connectivity index (χ2n) is 6.24. The highest BCUT2D eigenvalue weighted by atomic mass is 32.2. The Morgan fingerprint density at radius 1 is 0.867 bits per heavy atom. The van der Waals surface area contributed by atoms with Crippen LogP contribution in [0.2, 0.25) is 0 Å². The number of anilines is 1. The summed E-state index contributed by atoms with van der Waals surface area (Å²) in [5.74, 6) is -0.909. The minimum atomic E-state index is -1.16. The second kappa shape index (κ2) is 9.76. The molecule has 0 aliphatic carbocycles. The maximum atomic E-state index is 12.4. The first kappa shape index (κ1) is 21.1. The van der Waals surface area contributed by atoms with E-state index in [9.17, 15) is 19.5 Å². The molecule has 2 N–H and O–H groups in total. The van der Waals surface area contributed by atoms with E-state index in [1.165, 1.54) is 31.0 Å². The number of carboxylic acid groups (broad SMARTS) is 1. The molecular weight excluding hydrogens is 402 g/mol. The highest BCUT2D eigenvalue weighted by Gasteiger charge is 2.16. The third kappa shape index (κ3) is 5.07. The van der Waals surface area contributed by atoms with Crippen molar-refractivity contribution in [3.8, 4) is 5.75 Å². The lowest BCUT2D eigenvalue weighted by atomic mass is 10.1. The van der Waals surface area contributed by atoms with Crippen molar-refractivity contribution >= 4 is 35.1 Å². The number of ether oxygens (including phenoxy) is 1. The number of hydrogen-bond acceptors (Lipinski definition) is 5. The van der Waals surface area contributed by atoms with Crippen molar-refractivity contribution < 1.29 is 24.2 Å².